The molecule has 0 aromatic rings. The van der Waals surface area contributed by atoms with Crippen LogP contribution in [0.3, 0.4) is 0 Å². The Morgan fingerprint density at radius 1 is 0.591 bits per heavy atom. The van der Waals surface area contributed by atoms with Crippen molar-refractivity contribution in [2.24, 2.45) is 0 Å². The molecule has 44 heavy (non-hydrogen) atoms. The van der Waals surface area contributed by atoms with Crippen LogP contribution in [-0.2, 0) is 47.4 Å². The van der Waals surface area contributed by atoms with Crippen molar-refractivity contribution in [1.29, 1.82) is 0 Å². The lowest BCUT2D eigenvalue weighted by atomic mass is 10.0. The highest BCUT2D eigenvalue weighted by molar-refractivity contribution is 4.83. The van der Waals surface area contributed by atoms with Crippen molar-refractivity contribution in [2.75, 3.05) is 119 Å². The molecule has 0 aliphatic carbocycles. The average molecular weight is 637 g/mol. The molecule has 4 fully saturated rings. The molecule has 14 heteroatoms. The molecular weight excluding hydrogens is 580 g/mol. The van der Waals surface area contributed by atoms with Crippen LogP contribution in [0, 0.1) is 0 Å². The molecule has 0 radical (unpaired) electrons. The van der Waals surface area contributed by atoms with Crippen molar-refractivity contribution >= 4 is 0 Å². The summed E-state index contributed by atoms with van der Waals surface area (Å²) in [5.41, 5.74) is -1.29. The average Bonchev–Trinajstić information content (AvgIpc) is 3.83. The van der Waals surface area contributed by atoms with Gasteiger partial charge >= 0.3 is 0 Å². The number of aliphatic hydroxyl groups is 2. The van der Waals surface area contributed by atoms with E-state index >= 15 is 0 Å². The number of hydrogen-bond donors (Lipinski definition) is 4. The van der Waals surface area contributed by atoms with Crippen LogP contribution in [0.4, 0.5) is 0 Å². The van der Waals surface area contributed by atoms with E-state index in [1.54, 1.807) is 0 Å². The number of hydrogen-bond acceptors (Lipinski definition) is 14. The first-order chi connectivity index (χ1) is 21.4. The van der Waals surface area contributed by atoms with Gasteiger partial charge in [0.25, 0.3) is 0 Å². The van der Waals surface area contributed by atoms with Gasteiger partial charge in [-0.05, 0) is 12.8 Å². The molecule has 258 valence electrons. The Morgan fingerprint density at radius 2 is 0.886 bits per heavy atom. The van der Waals surface area contributed by atoms with Gasteiger partial charge in [-0.15, -0.1) is 0 Å². The first-order valence-corrected chi connectivity index (χ1v) is 16.3. The molecule has 7 atom stereocenters. The number of rotatable bonds is 31. The fraction of sp³-hybridized carbons (Fsp3) is 1.00. The molecule has 0 amide bonds. The second-order valence-corrected chi connectivity index (χ2v) is 12.3. The number of aliphatic hydroxyl groups excluding tert-OH is 2. The van der Waals surface area contributed by atoms with Crippen LogP contribution in [-0.4, -0.2) is 177 Å². The molecule has 0 saturated carbocycles. The molecule has 4 saturated heterocycles. The fourth-order valence-electron chi connectivity index (χ4n) is 4.40. The van der Waals surface area contributed by atoms with Crippen molar-refractivity contribution in [1.82, 2.24) is 10.6 Å². The van der Waals surface area contributed by atoms with Gasteiger partial charge in [0.2, 0.25) is 0 Å². The summed E-state index contributed by atoms with van der Waals surface area (Å²) in [5.74, 6) is 0. The SMILES string of the molecule is CCC(COCC1CO1)(COCC1CO1)OCC(O)CNCCNCC(O)COC(CC)(COCC1CO1)COC[C@H]1CO1. The van der Waals surface area contributed by atoms with Crippen molar-refractivity contribution < 1.29 is 57.6 Å². The molecular formula is C30H56N2O12. The van der Waals surface area contributed by atoms with Crippen molar-refractivity contribution in [3.8, 4) is 0 Å². The van der Waals surface area contributed by atoms with E-state index in [1.165, 1.54) is 0 Å². The summed E-state index contributed by atoms with van der Waals surface area (Å²) < 4.78 is 56.7. The third kappa shape index (κ3) is 15.4. The third-order valence-corrected chi connectivity index (χ3v) is 7.98. The summed E-state index contributed by atoms with van der Waals surface area (Å²) in [4.78, 5) is 0. The minimum atomic E-state index is -0.692. The van der Waals surface area contributed by atoms with E-state index < -0.39 is 23.4 Å². The van der Waals surface area contributed by atoms with Crippen LogP contribution < -0.4 is 10.6 Å². The van der Waals surface area contributed by atoms with Gasteiger partial charge in [0.05, 0.1) is 105 Å². The van der Waals surface area contributed by atoms with Crippen LogP contribution in [0.25, 0.3) is 0 Å². The van der Waals surface area contributed by atoms with Crippen LogP contribution in [0.2, 0.25) is 0 Å². The van der Waals surface area contributed by atoms with Crippen LogP contribution >= 0.6 is 0 Å². The first-order valence-electron chi connectivity index (χ1n) is 16.3. The predicted molar refractivity (Wildman–Crippen MR) is 158 cm³/mol. The van der Waals surface area contributed by atoms with Crippen LogP contribution in [0.15, 0.2) is 0 Å². The normalized spacial score (nSPS) is 27.8. The van der Waals surface area contributed by atoms with Gasteiger partial charge in [-0.3, -0.25) is 0 Å². The second-order valence-electron chi connectivity index (χ2n) is 12.3. The fourth-order valence-corrected chi connectivity index (χ4v) is 4.40. The van der Waals surface area contributed by atoms with Gasteiger partial charge in [0.15, 0.2) is 0 Å². The number of ether oxygens (including phenoxy) is 10. The predicted octanol–water partition coefficient (Wildman–Crippen LogP) is -1.12. The summed E-state index contributed by atoms with van der Waals surface area (Å²) in [7, 11) is 0. The maximum Gasteiger partial charge on any atom is 0.114 e. The van der Waals surface area contributed by atoms with Gasteiger partial charge < -0.3 is 68.2 Å². The Kier molecular flexibility index (Phi) is 15.9. The quantitative estimate of drug-likeness (QED) is 0.0533. The van der Waals surface area contributed by atoms with Gasteiger partial charge in [0.1, 0.15) is 35.6 Å². The highest BCUT2D eigenvalue weighted by Gasteiger charge is 2.35. The lowest BCUT2D eigenvalue weighted by molar-refractivity contribution is -0.154. The van der Waals surface area contributed by atoms with E-state index in [0.29, 0.717) is 91.9 Å². The van der Waals surface area contributed by atoms with Crippen molar-refractivity contribution in [2.45, 2.75) is 74.5 Å². The van der Waals surface area contributed by atoms with Crippen molar-refractivity contribution in [3.63, 3.8) is 0 Å². The summed E-state index contributed by atoms with van der Waals surface area (Å²) in [6.07, 6.45) is 0.677. The molecule has 4 heterocycles. The van der Waals surface area contributed by atoms with Crippen molar-refractivity contribution in [3.05, 3.63) is 0 Å². The number of nitrogens with one attached hydrogen (secondary N) is 2. The summed E-state index contributed by atoms with van der Waals surface area (Å²) in [6.45, 7) is 12.9. The minimum absolute atomic E-state index is 0.158. The lowest BCUT2D eigenvalue weighted by Gasteiger charge is -2.33. The molecule has 0 aromatic carbocycles. The highest BCUT2D eigenvalue weighted by Crippen LogP contribution is 2.22. The number of epoxide rings is 4. The van der Waals surface area contributed by atoms with Crippen LogP contribution in [0.5, 0.6) is 0 Å². The lowest BCUT2D eigenvalue weighted by Crippen LogP contribution is -2.46. The Bertz CT molecular complexity index is 668. The zero-order valence-corrected chi connectivity index (χ0v) is 26.6. The molecule has 6 unspecified atom stereocenters. The molecule has 4 aliphatic heterocycles. The highest BCUT2D eigenvalue weighted by atomic mass is 16.6. The Labute approximate surface area is 261 Å². The minimum Gasteiger partial charge on any atom is -0.389 e. The van der Waals surface area contributed by atoms with Gasteiger partial charge in [0, 0.05) is 26.2 Å². The second kappa shape index (κ2) is 19.3. The zero-order valence-electron chi connectivity index (χ0n) is 26.6. The molecule has 4 aliphatic rings. The van der Waals surface area contributed by atoms with E-state index in [9.17, 15) is 10.2 Å². The molecule has 14 nitrogen and oxygen atoms in total. The summed E-state index contributed by atoms with van der Waals surface area (Å²) >= 11 is 0. The molecule has 0 aromatic heterocycles. The van der Waals surface area contributed by atoms with Gasteiger partial charge in [-0.2, -0.15) is 0 Å². The molecule has 4 N–H and O–H groups in total. The summed E-state index contributed by atoms with van der Waals surface area (Å²) in [5, 5.41) is 27.5. The van der Waals surface area contributed by atoms with E-state index in [-0.39, 0.29) is 37.6 Å². The van der Waals surface area contributed by atoms with Crippen LogP contribution in [0.1, 0.15) is 26.7 Å². The topological polar surface area (TPSA) is 170 Å². The monoisotopic (exact) mass is 636 g/mol. The third-order valence-electron chi connectivity index (χ3n) is 7.98. The Hall–Kier alpha value is -0.560. The van der Waals surface area contributed by atoms with E-state index in [4.69, 9.17) is 47.4 Å². The summed E-state index contributed by atoms with van der Waals surface area (Å²) in [6, 6.07) is 0. The standard InChI is InChI=1S/C30H56N2O12/c1-3-29(19-35-11-25-15-39-25,20-36-12-26-16-40-26)43-9-23(33)7-31-5-6-32-8-24(34)10-44-30(4-2,21-37-13-27-17-41-27)22-38-14-28-18-42-28/h23-28,31-34H,3-22H2,1-2H3/t23?,24?,25-,26?,27?,28?,29?,30?/m0/s1. The van der Waals surface area contributed by atoms with E-state index in [0.717, 1.165) is 26.4 Å². The largest absolute Gasteiger partial charge is 0.389 e. The zero-order chi connectivity index (χ0) is 31.1. The molecule has 4 rings (SSSR count). The maximum atomic E-state index is 10.5. The molecule has 0 bridgehead atoms. The van der Waals surface area contributed by atoms with Gasteiger partial charge in [-0.25, -0.2) is 0 Å². The molecule has 0 spiro atoms. The maximum absolute atomic E-state index is 10.5. The Balaban J connectivity index is 1.05. The van der Waals surface area contributed by atoms with E-state index in [2.05, 4.69) is 10.6 Å². The first kappa shape index (κ1) is 36.3. The van der Waals surface area contributed by atoms with Gasteiger partial charge in [-0.1, -0.05) is 13.8 Å². The Morgan fingerprint density at radius 3 is 1.14 bits per heavy atom. The van der Waals surface area contributed by atoms with E-state index in [1.807, 2.05) is 13.8 Å². The smallest absolute Gasteiger partial charge is 0.114 e.